The number of hydrogen-bond acceptors (Lipinski definition) is 4. The van der Waals surface area contributed by atoms with Crippen molar-refractivity contribution in [1.82, 2.24) is 0 Å². The van der Waals surface area contributed by atoms with Gasteiger partial charge in [0.15, 0.2) is 0 Å². The van der Waals surface area contributed by atoms with Gasteiger partial charge in [0.1, 0.15) is 0 Å². The second-order valence-electron chi connectivity index (χ2n) is 6.55. The lowest BCUT2D eigenvalue weighted by Gasteiger charge is -2.24. The minimum absolute atomic E-state index is 0.520. The molecule has 7 rings (SSSR count). The van der Waals surface area contributed by atoms with Crippen LogP contribution in [0.2, 0.25) is 0 Å². The average Bonchev–Trinajstić information content (AvgIpc) is 3.24. The highest BCUT2D eigenvalue weighted by Gasteiger charge is 2.33. The second kappa shape index (κ2) is 4.42. The van der Waals surface area contributed by atoms with Gasteiger partial charge in [0.25, 0.3) is 0 Å². The van der Waals surface area contributed by atoms with E-state index in [2.05, 4.69) is 48.6 Å². The highest BCUT2D eigenvalue weighted by molar-refractivity contribution is 8.77. The van der Waals surface area contributed by atoms with E-state index in [0.29, 0.717) is 10.5 Å². The maximum absolute atomic E-state index is 2.40. The summed E-state index contributed by atoms with van der Waals surface area (Å²) in [6.07, 6.45) is 9.58. The number of rotatable bonds is 0. The SMILES string of the molecule is C1=CC2SSc3ccc4c(c1c1c5c6c(ccc54)SSC6C=C1)c32. The van der Waals surface area contributed by atoms with Gasteiger partial charge in [-0.2, -0.15) is 0 Å². The third-order valence-electron chi connectivity index (χ3n) is 5.46. The highest BCUT2D eigenvalue weighted by Crippen LogP contribution is 2.62. The topological polar surface area (TPSA) is 0 Å². The summed E-state index contributed by atoms with van der Waals surface area (Å²) in [4.78, 5) is 2.92. The van der Waals surface area contributed by atoms with Gasteiger partial charge in [0, 0.05) is 9.79 Å². The summed E-state index contributed by atoms with van der Waals surface area (Å²) in [5.41, 5.74) is 5.99. The average molecular weight is 379 g/mol. The summed E-state index contributed by atoms with van der Waals surface area (Å²) < 4.78 is 0. The Morgan fingerprint density at radius 2 is 1.12 bits per heavy atom. The predicted molar refractivity (Wildman–Crippen MR) is 112 cm³/mol. The minimum Gasteiger partial charge on any atom is -0.0764 e. The molecule has 114 valence electrons. The lowest BCUT2D eigenvalue weighted by atomic mass is 9.82. The molecule has 24 heavy (non-hydrogen) atoms. The summed E-state index contributed by atoms with van der Waals surface area (Å²) >= 11 is 0. The van der Waals surface area contributed by atoms with Gasteiger partial charge < -0.3 is 0 Å². The molecule has 3 aromatic carbocycles. The molecular weight excluding hydrogens is 368 g/mol. The zero-order valence-electron chi connectivity index (χ0n) is 12.4. The van der Waals surface area contributed by atoms with E-state index in [0.717, 1.165) is 0 Å². The van der Waals surface area contributed by atoms with Gasteiger partial charge in [0.2, 0.25) is 0 Å². The molecule has 0 nitrogen and oxygen atoms in total. The molecule has 2 heterocycles. The quantitative estimate of drug-likeness (QED) is 0.291. The lowest BCUT2D eigenvalue weighted by molar-refractivity contribution is 1.18. The fourth-order valence-corrected chi connectivity index (χ4v) is 9.98. The van der Waals surface area contributed by atoms with Crippen molar-refractivity contribution in [2.45, 2.75) is 20.3 Å². The highest BCUT2D eigenvalue weighted by atomic mass is 33.1. The van der Waals surface area contributed by atoms with Crippen LogP contribution in [0.25, 0.3) is 33.7 Å². The zero-order valence-corrected chi connectivity index (χ0v) is 15.7. The first-order chi connectivity index (χ1) is 11.9. The molecule has 0 bridgehead atoms. The molecule has 0 radical (unpaired) electrons. The van der Waals surface area contributed by atoms with Crippen molar-refractivity contribution in [2.24, 2.45) is 0 Å². The molecule has 2 atom stereocenters. The Labute approximate surface area is 155 Å². The van der Waals surface area contributed by atoms with Gasteiger partial charge in [-0.1, -0.05) is 79.6 Å². The van der Waals surface area contributed by atoms with E-state index in [1.807, 2.05) is 43.2 Å². The molecule has 3 aromatic rings. The molecule has 4 aliphatic rings. The largest absolute Gasteiger partial charge is 0.0764 e. The molecule has 0 amide bonds. The van der Waals surface area contributed by atoms with Crippen LogP contribution in [-0.2, 0) is 0 Å². The van der Waals surface area contributed by atoms with Crippen molar-refractivity contribution < 1.29 is 0 Å². The Hall–Kier alpha value is -0.940. The summed E-state index contributed by atoms with van der Waals surface area (Å²) in [7, 11) is 7.85. The third-order valence-corrected chi connectivity index (χ3v) is 10.8. The van der Waals surface area contributed by atoms with Crippen LogP contribution >= 0.6 is 43.2 Å². The van der Waals surface area contributed by atoms with Crippen molar-refractivity contribution >= 4 is 76.9 Å². The Balaban J connectivity index is 1.81. The van der Waals surface area contributed by atoms with Crippen molar-refractivity contribution in [3.05, 3.63) is 58.7 Å². The van der Waals surface area contributed by atoms with Gasteiger partial charge in [-0.05, 0) is 55.9 Å². The Morgan fingerprint density at radius 1 is 0.625 bits per heavy atom. The van der Waals surface area contributed by atoms with Gasteiger partial charge in [-0.15, -0.1) is 0 Å². The first-order valence-corrected chi connectivity index (χ1v) is 12.4. The molecule has 2 aliphatic carbocycles. The van der Waals surface area contributed by atoms with E-state index < -0.39 is 0 Å². The van der Waals surface area contributed by atoms with Gasteiger partial charge in [0.05, 0.1) is 10.5 Å². The summed E-state index contributed by atoms with van der Waals surface area (Å²) in [6, 6.07) is 9.40. The van der Waals surface area contributed by atoms with Gasteiger partial charge in [-0.3, -0.25) is 0 Å². The van der Waals surface area contributed by atoms with Crippen molar-refractivity contribution in [2.75, 3.05) is 0 Å². The Morgan fingerprint density at radius 3 is 1.62 bits per heavy atom. The van der Waals surface area contributed by atoms with E-state index in [-0.39, 0.29) is 0 Å². The Kier molecular flexibility index (Phi) is 2.45. The van der Waals surface area contributed by atoms with Crippen LogP contribution < -0.4 is 0 Å². The van der Waals surface area contributed by atoms with Crippen LogP contribution in [0.4, 0.5) is 0 Å². The van der Waals surface area contributed by atoms with Crippen molar-refractivity contribution in [1.29, 1.82) is 0 Å². The molecule has 0 saturated heterocycles. The first kappa shape index (κ1) is 13.3. The van der Waals surface area contributed by atoms with Crippen molar-refractivity contribution in [3.8, 4) is 0 Å². The molecule has 0 aromatic heterocycles. The monoisotopic (exact) mass is 378 g/mol. The van der Waals surface area contributed by atoms with E-state index in [1.54, 1.807) is 11.1 Å². The van der Waals surface area contributed by atoms with E-state index >= 15 is 0 Å². The van der Waals surface area contributed by atoms with Crippen LogP contribution in [0.15, 0.2) is 46.2 Å². The standard InChI is InChI=1S/C20H10S4/c1-5-13-19-14(22-21-13)7-3-11-12-4-8-16-20-15(23-24-16)6-2-10(18(12)20)9(1)17(11)19/h1-8,13,15H. The van der Waals surface area contributed by atoms with Gasteiger partial charge >= 0.3 is 0 Å². The third kappa shape index (κ3) is 1.43. The number of fused-ring (bicyclic) bond motifs is 2. The summed E-state index contributed by atoms with van der Waals surface area (Å²) in [5, 5.41) is 6.93. The Bertz CT molecular complexity index is 1080. The van der Waals surface area contributed by atoms with Crippen LogP contribution in [0, 0.1) is 0 Å². The molecule has 2 unspecified atom stereocenters. The zero-order chi connectivity index (χ0) is 15.4. The van der Waals surface area contributed by atoms with Gasteiger partial charge in [-0.25, -0.2) is 0 Å². The molecule has 0 N–H and O–H groups in total. The molecule has 2 aliphatic heterocycles. The molecule has 0 spiro atoms. The van der Waals surface area contributed by atoms with Crippen LogP contribution in [0.3, 0.4) is 0 Å². The maximum atomic E-state index is 2.40. The molecule has 0 saturated carbocycles. The predicted octanol–water partition coefficient (Wildman–Crippen LogP) is 7.64. The molecular formula is C20H10S4. The van der Waals surface area contributed by atoms with Crippen LogP contribution in [-0.4, -0.2) is 0 Å². The molecule has 4 heteroatoms. The molecule has 0 fully saturated rings. The first-order valence-electron chi connectivity index (χ1n) is 8.02. The summed E-state index contributed by atoms with van der Waals surface area (Å²) in [5.74, 6) is 0. The second-order valence-corrected chi connectivity index (χ2v) is 11.3. The normalized spacial score (nSPS) is 24.5. The lowest BCUT2D eigenvalue weighted by Crippen LogP contribution is -2.03. The fraction of sp³-hybridized carbons (Fsp3) is 0.100. The minimum atomic E-state index is 0.520. The van der Waals surface area contributed by atoms with E-state index in [1.165, 1.54) is 42.5 Å². The fourth-order valence-electron chi connectivity index (χ4n) is 4.48. The van der Waals surface area contributed by atoms with E-state index in [9.17, 15) is 0 Å². The van der Waals surface area contributed by atoms with Crippen LogP contribution in [0.5, 0.6) is 0 Å². The maximum Gasteiger partial charge on any atom is 0.0605 e. The smallest absolute Gasteiger partial charge is 0.0605 e. The van der Waals surface area contributed by atoms with Crippen LogP contribution in [0.1, 0.15) is 32.8 Å². The number of hydrogen-bond donors (Lipinski definition) is 0. The van der Waals surface area contributed by atoms with E-state index in [4.69, 9.17) is 0 Å². The number of benzene rings is 3. The van der Waals surface area contributed by atoms with Crippen molar-refractivity contribution in [3.63, 3.8) is 0 Å². The summed E-state index contributed by atoms with van der Waals surface area (Å²) in [6.45, 7) is 0.